The van der Waals surface area contributed by atoms with Gasteiger partial charge in [0, 0.05) is 33.5 Å². The van der Waals surface area contributed by atoms with Crippen molar-refractivity contribution in [2.75, 3.05) is 13.7 Å². The Labute approximate surface area is 217 Å². The van der Waals surface area contributed by atoms with E-state index in [4.69, 9.17) is 9.47 Å². The second kappa shape index (κ2) is 10.5. The average molecular weight is 530 g/mol. The number of aromatic nitrogens is 1. The van der Waals surface area contributed by atoms with Gasteiger partial charge in [0.15, 0.2) is 5.75 Å². The molecule has 1 aromatic carbocycles. The lowest BCUT2D eigenvalue weighted by molar-refractivity contribution is 0.0524. The Kier molecular flexibility index (Phi) is 7.72. The number of hydrogen-bond acceptors (Lipinski definition) is 5. The van der Waals surface area contributed by atoms with Crippen molar-refractivity contribution < 1.29 is 18.7 Å². The third-order valence-corrected chi connectivity index (χ3v) is 8.25. The predicted octanol–water partition coefficient (Wildman–Crippen LogP) is 7.34. The summed E-state index contributed by atoms with van der Waals surface area (Å²) in [5, 5.41) is -1.05. The molecule has 2 heterocycles. The molecule has 0 spiro atoms. The molecule has 1 saturated carbocycles. The largest absolute Gasteiger partial charge is 0.494 e. The Morgan fingerprint density at radius 2 is 2.11 bits per heavy atom. The second-order valence-corrected chi connectivity index (χ2v) is 11.6. The first-order chi connectivity index (χ1) is 17.2. The Morgan fingerprint density at radius 3 is 2.67 bits per heavy atom. The molecular weight excluding hydrogens is 496 g/mol. The molecule has 36 heavy (non-hydrogen) atoms. The van der Waals surface area contributed by atoms with E-state index < -0.39 is 11.4 Å². The number of pyridine rings is 1. The Hall–Kier alpha value is -2.50. The van der Waals surface area contributed by atoms with Crippen molar-refractivity contribution in [3.8, 4) is 16.2 Å². The van der Waals surface area contributed by atoms with Gasteiger partial charge in [0.1, 0.15) is 11.0 Å². The molecule has 1 fully saturated rings. The molecule has 0 radical (unpaired) electrons. The van der Waals surface area contributed by atoms with Gasteiger partial charge >= 0.3 is 5.97 Å². The maximum Gasteiger partial charge on any atom is 0.343 e. The summed E-state index contributed by atoms with van der Waals surface area (Å²) < 4.78 is 28.2. The van der Waals surface area contributed by atoms with Crippen LogP contribution < -0.4 is 10.2 Å². The second-order valence-electron chi connectivity index (χ2n) is 9.40. The van der Waals surface area contributed by atoms with Crippen molar-refractivity contribution in [3.05, 3.63) is 57.2 Å². The van der Waals surface area contributed by atoms with Gasteiger partial charge in [-0.05, 0) is 56.9 Å². The van der Waals surface area contributed by atoms with Crippen LogP contribution in [0.3, 0.4) is 0 Å². The van der Waals surface area contributed by atoms with Gasteiger partial charge in [0.05, 0.1) is 24.6 Å². The fourth-order valence-electron chi connectivity index (χ4n) is 4.83. The number of halogens is 1. The van der Waals surface area contributed by atoms with E-state index in [0.717, 1.165) is 40.1 Å². The molecule has 5 nitrogen and oxygen atoms in total. The van der Waals surface area contributed by atoms with Gasteiger partial charge in [-0.25, -0.2) is 9.18 Å². The maximum absolute atomic E-state index is 15.2. The van der Waals surface area contributed by atoms with Crippen LogP contribution in [0.1, 0.15) is 79.2 Å². The van der Waals surface area contributed by atoms with Gasteiger partial charge in [-0.3, -0.25) is 4.79 Å². The van der Waals surface area contributed by atoms with Crippen molar-refractivity contribution in [1.82, 2.24) is 4.57 Å². The molecule has 0 aliphatic heterocycles. The highest BCUT2D eigenvalue weighted by Gasteiger charge is 2.34. The SMILES string of the molecule is C=Cc1sc(-c2ccc3c(=O)c(C(=O)OCC)cn(C4CC4)c3c2OC)cc1C(CCC)C(C)(F)P. The number of fused-ring (bicyclic) bond motifs is 1. The summed E-state index contributed by atoms with van der Waals surface area (Å²) in [5.74, 6) is -0.348. The molecule has 192 valence electrons. The Morgan fingerprint density at radius 1 is 1.39 bits per heavy atom. The molecule has 8 heteroatoms. The lowest BCUT2D eigenvalue weighted by atomic mass is 9.90. The van der Waals surface area contributed by atoms with E-state index >= 15 is 4.39 Å². The first-order valence-electron chi connectivity index (χ1n) is 12.3. The average Bonchev–Trinajstić information content (AvgIpc) is 3.60. The summed E-state index contributed by atoms with van der Waals surface area (Å²) >= 11 is 1.53. The van der Waals surface area contributed by atoms with Crippen LogP contribution in [0, 0.1) is 0 Å². The highest BCUT2D eigenvalue weighted by molar-refractivity contribution is 7.18. The van der Waals surface area contributed by atoms with E-state index in [1.54, 1.807) is 39.3 Å². The van der Waals surface area contributed by atoms with Crippen LogP contribution in [-0.4, -0.2) is 29.7 Å². The molecule has 1 aliphatic rings. The molecular formula is C28H33FNO4PS. The summed E-state index contributed by atoms with van der Waals surface area (Å²) in [5.41, 5.74) is 2.07. The number of benzene rings is 1. The minimum atomic E-state index is -1.46. The molecule has 3 unspecified atom stereocenters. The van der Waals surface area contributed by atoms with Crippen molar-refractivity contribution in [3.63, 3.8) is 0 Å². The van der Waals surface area contributed by atoms with Crippen LogP contribution in [-0.2, 0) is 4.74 Å². The topological polar surface area (TPSA) is 57.5 Å². The first-order valence-corrected chi connectivity index (χ1v) is 13.7. The number of hydrogen-bond donors (Lipinski definition) is 0. The van der Waals surface area contributed by atoms with Crippen molar-refractivity contribution in [2.45, 2.75) is 63.8 Å². The summed E-state index contributed by atoms with van der Waals surface area (Å²) in [7, 11) is 3.93. The van der Waals surface area contributed by atoms with E-state index in [2.05, 4.69) is 22.7 Å². The molecule has 3 atom stereocenters. The molecule has 2 aromatic heterocycles. The smallest absolute Gasteiger partial charge is 0.343 e. The van der Waals surface area contributed by atoms with E-state index in [0.29, 0.717) is 23.1 Å². The summed E-state index contributed by atoms with van der Waals surface area (Å²) in [6.45, 7) is 9.53. The zero-order valence-electron chi connectivity index (χ0n) is 21.2. The third kappa shape index (κ3) is 4.88. The number of thiophene rings is 1. The van der Waals surface area contributed by atoms with Gasteiger partial charge in [0.2, 0.25) is 5.43 Å². The number of esters is 1. The summed E-state index contributed by atoms with van der Waals surface area (Å²) in [4.78, 5) is 27.7. The van der Waals surface area contributed by atoms with Gasteiger partial charge in [-0.2, -0.15) is 0 Å². The molecule has 0 saturated heterocycles. The normalized spacial score (nSPS) is 15.9. The zero-order valence-corrected chi connectivity index (χ0v) is 23.2. The lowest BCUT2D eigenvalue weighted by Gasteiger charge is -2.27. The van der Waals surface area contributed by atoms with Crippen LogP contribution >= 0.6 is 20.6 Å². The number of rotatable bonds is 10. The Bertz CT molecular complexity index is 1370. The fourth-order valence-corrected chi connectivity index (χ4v) is 6.27. The maximum atomic E-state index is 15.2. The predicted molar refractivity (Wildman–Crippen MR) is 149 cm³/mol. The van der Waals surface area contributed by atoms with Crippen molar-refractivity contribution in [1.29, 1.82) is 0 Å². The number of carbonyl (C=O) groups excluding carboxylic acids is 1. The number of alkyl halides is 1. The van der Waals surface area contributed by atoms with Crippen LogP contribution in [0.25, 0.3) is 27.4 Å². The van der Waals surface area contributed by atoms with Crippen LogP contribution in [0.4, 0.5) is 4.39 Å². The van der Waals surface area contributed by atoms with Gasteiger partial charge < -0.3 is 14.0 Å². The van der Waals surface area contributed by atoms with E-state index in [-0.39, 0.29) is 29.6 Å². The van der Waals surface area contributed by atoms with E-state index in [9.17, 15) is 9.59 Å². The number of methoxy groups -OCH3 is 1. The van der Waals surface area contributed by atoms with Gasteiger partial charge in [-0.1, -0.05) is 35.2 Å². The molecule has 0 bridgehead atoms. The van der Waals surface area contributed by atoms with Crippen LogP contribution in [0.15, 0.2) is 35.8 Å². The first kappa shape index (κ1) is 26.6. The van der Waals surface area contributed by atoms with Crippen LogP contribution in [0.2, 0.25) is 0 Å². The number of ether oxygens (including phenoxy) is 2. The summed E-state index contributed by atoms with van der Waals surface area (Å²) in [6, 6.07) is 5.82. The van der Waals surface area contributed by atoms with Crippen molar-refractivity contribution in [2.24, 2.45) is 0 Å². The molecule has 3 aromatic rings. The van der Waals surface area contributed by atoms with E-state index in [1.807, 2.05) is 16.7 Å². The van der Waals surface area contributed by atoms with E-state index in [1.165, 1.54) is 11.3 Å². The zero-order chi connectivity index (χ0) is 26.2. The Balaban J connectivity index is 1.95. The molecule has 1 aliphatic carbocycles. The molecule has 0 amide bonds. The number of carbonyl (C=O) groups is 1. The van der Waals surface area contributed by atoms with Gasteiger partial charge in [-0.15, -0.1) is 11.3 Å². The minimum absolute atomic E-state index is 0.0310. The van der Waals surface area contributed by atoms with Crippen molar-refractivity contribution >= 4 is 43.5 Å². The van der Waals surface area contributed by atoms with Crippen LogP contribution in [0.5, 0.6) is 5.75 Å². The monoisotopic (exact) mass is 529 g/mol. The third-order valence-electron chi connectivity index (χ3n) is 6.66. The summed E-state index contributed by atoms with van der Waals surface area (Å²) in [6.07, 6.45) is 6.87. The standard InChI is InChI=1S/C28H33FNO4PS/c1-6-9-21(28(4,29)35)19-14-23(36-22(19)7-2)17-12-13-18-24(26(17)33-5)30(16-10-11-16)15-20(25(18)31)27(32)34-8-3/h7,12-16,21H,2,6,8-11,35H2,1,3-5H3. The fraction of sp³-hybridized carbons (Fsp3) is 0.429. The quantitative estimate of drug-likeness (QED) is 0.204. The minimum Gasteiger partial charge on any atom is -0.494 e. The molecule has 4 rings (SSSR count). The highest BCUT2D eigenvalue weighted by atomic mass is 32.1. The highest BCUT2D eigenvalue weighted by Crippen LogP contribution is 2.48. The number of nitrogens with zero attached hydrogens (tertiary/aromatic N) is 1. The van der Waals surface area contributed by atoms with Gasteiger partial charge in [0.25, 0.3) is 0 Å². The lowest BCUT2D eigenvalue weighted by Crippen LogP contribution is -2.21. The molecule has 0 N–H and O–H groups in total.